The third-order valence-corrected chi connectivity index (χ3v) is 7.87. The van der Waals surface area contributed by atoms with Crippen molar-refractivity contribution in [2.24, 2.45) is 11.8 Å². The van der Waals surface area contributed by atoms with Crippen molar-refractivity contribution in [2.75, 3.05) is 6.54 Å². The molecular weight excluding hydrogens is 597 g/mol. The van der Waals surface area contributed by atoms with Crippen LogP contribution in [0.3, 0.4) is 0 Å². The van der Waals surface area contributed by atoms with E-state index in [4.69, 9.17) is 16.3 Å². The Hall–Kier alpha value is -2.19. The molecule has 1 aliphatic heterocycles. The summed E-state index contributed by atoms with van der Waals surface area (Å²) in [5.74, 6) is -1.98. The average molecular weight is 632 g/mol. The van der Waals surface area contributed by atoms with Crippen molar-refractivity contribution in [1.29, 1.82) is 0 Å². The normalized spacial score (nSPS) is 17.8. The van der Waals surface area contributed by atoms with E-state index < -0.39 is 51.7 Å². The summed E-state index contributed by atoms with van der Waals surface area (Å²) in [4.78, 5) is 38.4. The molecule has 224 valence electrons. The van der Waals surface area contributed by atoms with Crippen LogP contribution in [0.5, 0.6) is 0 Å². The summed E-state index contributed by atoms with van der Waals surface area (Å²) in [5, 5.41) is 18.3. The van der Waals surface area contributed by atoms with Crippen molar-refractivity contribution in [3.05, 3.63) is 70.7 Å². The van der Waals surface area contributed by atoms with Crippen LogP contribution in [0.1, 0.15) is 50.3 Å². The maximum atomic E-state index is 13.3. The summed E-state index contributed by atoms with van der Waals surface area (Å²) >= 11 is 6.12. The van der Waals surface area contributed by atoms with Gasteiger partial charge in [-0.3, -0.25) is 9.59 Å². The average Bonchev–Trinajstić information content (AvgIpc) is 3.30. The minimum absolute atomic E-state index is 0. The standard InChI is InChI=1S/C28H36ClN3O8S.Na/c1-17(2)13-22(26(34)31-23(27(35)41(37,38)39)16-20-11-12-30-25(20)33)32-28(36)40-24(19-8-4-3-5-9-19)15-18-7-6-10-21(29)14-18;/h3-10,14,17,20,22-24,27,35H,11-13,15-16H2,1-2H3,(H,30,33)(H,31,34)(H,32,36)(H,37,38,39);/q;+1/p-1/t20-,22-,23-,24?,27?;/m0./s1. The van der Waals surface area contributed by atoms with Crippen LogP contribution in [0.25, 0.3) is 0 Å². The Morgan fingerprint density at radius 1 is 1.14 bits per heavy atom. The molecule has 0 aliphatic carbocycles. The number of ether oxygens (including phenoxy) is 1. The molecule has 0 saturated carbocycles. The Kier molecular flexibility index (Phi) is 14.2. The Labute approximate surface area is 273 Å². The summed E-state index contributed by atoms with van der Waals surface area (Å²) in [6.07, 6.45) is -1.09. The molecule has 1 fully saturated rings. The topological polar surface area (TPSA) is 174 Å². The Bertz CT molecular complexity index is 1320. The number of amides is 3. The molecule has 2 unspecified atom stereocenters. The van der Waals surface area contributed by atoms with Gasteiger partial charge in [0.15, 0.2) is 5.44 Å². The molecule has 1 saturated heterocycles. The molecule has 1 aliphatic rings. The molecule has 4 N–H and O–H groups in total. The van der Waals surface area contributed by atoms with Crippen molar-refractivity contribution in [3.63, 3.8) is 0 Å². The first-order valence-corrected chi connectivity index (χ1v) is 15.2. The van der Waals surface area contributed by atoms with Gasteiger partial charge in [0.2, 0.25) is 11.8 Å². The van der Waals surface area contributed by atoms with Crippen LogP contribution in [0, 0.1) is 11.8 Å². The van der Waals surface area contributed by atoms with Gasteiger partial charge < -0.3 is 30.3 Å². The van der Waals surface area contributed by atoms with Crippen LogP contribution in [0.15, 0.2) is 54.6 Å². The molecule has 1 heterocycles. The second-order valence-electron chi connectivity index (χ2n) is 10.5. The van der Waals surface area contributed by atoms with E-state index in [-0.39, 0.29) is 54.2 Å². The molecule has 0 bridgehead atoms. The van der Waals surface area contributed by atoms with Gasteiger partial charge in [0.05, 0.1) is 6.04 Å². The van der Waals surface area contributed by atoms with Gasteiger partial charge in [-0.05, 0) is 48.4 Å². The van der Waals surface area contributed by atoms with E-state index in [0.717, 1.165) is 5.56 Å². The van der Waals surface area contributed by atoms with Crippen molar-refractivity contribution in [3.8, 4) is 0 Å². The quantitative estimate of drug-likeness (QED) is 0.171. The molecule has 5 atom stereocenters. The van der Waals surface area contributed by atoms with E-state index in [0.29, 0.717) is 30.0 Å². The van der Waals surface area contributed by atoms with Crippen LogP contribution >= 0.6 is 11.6 Å². The first-order chi connectivity index (χ1) is 19.3. The molecule has 0 spiro atoms. The Morgan fingerprint density at radius 3 is 2.40 bits per heavy atom. The smallest absolute Gasteiger partial charge is 0.746 e. The van der Waals surface area contributed by atoms with Crippen LogP contribution in [-0.2, 0) is 30.9 Å². The number of aliphatic hydroxyl groups is 1. The zero-order valence-corrected chi connectivity index (χ0v) is 27.4. The first kappa shape index (κ1) is 36.0. The third kappa shape index (κ3) is 11.1. The summed E-state index contributed by atoms with van der Waals surface area (Å²) in [6, 6.07) is 13.4. The molecule has 3 rings (SSSR count). The number of aliphatic hydroxyl groups excluding tert-OH is 1. The summed E-state index contributed by atoms with van der Waals surface area (Å²) < 4.78 is 40.6. The van der Waals surface area contributed by atoms with Gasteiger partial charge in [-0.1, -0.05) is 67.9 Å². The van der Waals surface area contributed by atoms with Gasteiger partial charge in [0, 0.05) is 23.9 Å². The Morgan fingerprint density at radius 2 is 1.83 bits per heavy atom. The van der Waals surface area contributed by atoms with Crippen molar-refractivity contribution in [2.45, 2.75) is 63.2 Å². The van der Waals surface area contributed by atoms with Gasteiger partial charge in [-0.25, -0.2) is 13.2 Å². The predicted molar refractivity (Wildman–Crippen MR) is 151 cm³/mol. The van der Waals surface area contributed by atoms with Gasteiger partial charge >= 0.3 is 35.7 Å². The second-order valence-corrected chi connectivity index (χ2v) is 12.4. The van der Waals surface area contributed by atoms with Crippen molar-refractivity contribution < 1.29 is 66.8 Å². The molecule has 14 heteroatoms. The minimum Gasteiger partial charge on any atom is -0.746 e. The maximum absolute atomic E-state index is 13.3. The molecule has 3 amide bonds. The van der Waals surface area contributed by atoms with Crippen molar-refractivity contribution >= 4 is 39.6 Å². The SMILES string of the molecule is CC(C)C[C@H](NC(=O)OC(Cc1cccc(Cl)c1)c1ccccc1)C(=O)N[C@@H](C[C@@H]1CCNC1=O)C(O)S(=O)(=O)[O-].[Na+]. The molecule has 42 heavy (non-hydrogen) atoms. The van der Waals surface area contributed by atoms with E-state index in [2.05, 4.69) is 16.0 Å². The number of benzene rings is 2. The van der Waals surface area contributed by atoms with Gasteiger partial charge in [0.1, 0.15) is 22.3 Å². The number of alkyl carbamates (subject to hydrolysis) is 1. The number of hydrogen-bond donors (Lipinski definition) is 4. The monoisotopic (exact) mass is 631 g/mol. The van der Waals surface area contributed by atoms with E-state index >= 15 is 0 Å². The zero-order chi connectivity index (χ0) is 30.2. The van der Waals surface area contributed by atoms with Gasteiger partial charge in [-0.15, -0.1) is 0 Å². The van der Waals surface area contributed by atoms with E-state index in [1.54, 1.807) is 42.5 Å². The fraction of sp³-hybridized carbons (Fsp3) is 0.464. The molecule has 2 aromatic carbocycles. The van der Waals surface area contributed by atoms with Crippen LogP contribution in [0.4, 0.5) is 4.79 Å². The first-order valence-electron chi connectivity index (χ1n) is 13.3. The Balaban J connectivity index is 0.00000616. The van der Waals surface area contributed by atoms with E-state index in [1.807, 2.05) is 26.0 Å². The van der Waals surface area contributed by atoms with Crippen LogP contribution in [-0.4, -0.2) is 60.0 Å². The molecule has 11 nitrogen and oxygen atoms in total. The summed E-state index contributed by atoms with van der Waals surface area (Å²) in [5.41, 5.74) is -0.944. The van der Waals surface area contributed by atoms with E-state index in [1.165, 1.54) is 0 Å². The van der Waals surface area contributed by atoms with Crippen molar-refractivity contribution in [1.82, 2.24) is 16.0 Å². The second kappa shape index (κ2) is 16.6. The predicted octanol–water partition coefficient (Wildman–Crippen LogP) is -0.357. The third-order valence-electron chi connectivity index (χ3n) is 6.72. The van der Waals surface area contributed by atoms with Crippen LogP contribution < -0.4 is 45.5 Å². The van der Waals surface area contributed by atoms with Gasteiger partial charge in [0.25, 0.3) is 0 Å². The number of halogens is 1. The minimum atomic E-state index is -5.22. The number of hydrogen-bond acceptors (Lipinski definition) is 8. The summed E-state index contributed by atoms with van der Waals surface area (Å²) in [7, 11) is -5.22. The fourth-order valence-electron chi connectivity index (χ4n) is 4.69. The zero-order valence-electron chi connectivity index (χ0n) is 23.8. The van der Waals surface area contributed by atoms with E-state index in [9.17, 15) is 32.5 Å². The molecule has 2 aromatic rings. The number of carbonyl (C=O) groups excluding carboxylic acids is 3. The summed E-state index contributed by atoms with van der Waals surface area (Å²) in [6.45, 7) is 3.98. The number of nitrogens with one attached hydrogen (secondary N) is 3. The fourth-order valence-corrected chi connectivity index (χ4v) is 5.48. The largest absolute Gasteiger partial charge is 1.00 e. The number of rotatable bonds is 13. The van der Waals surface area contributed by atoms with Crippen LogP contribution in [0.2, 0.25) is 5.02 Å². The molecule has 0 aromatic heterocycles. The molecular formula is C28H35ClN3NaO8S. The number of carbonyl (C=O) groups is 3. The maximum Gasteiger partial charge on any atom is 1.00 e. The molecule has 0 radical (unpaired) electrons. The van der Waals surface area contributed by atoms with Gasteiger partial charge in [-0.2, -0.15) is 0 Å².